The molecule has 0 unspecified atom stereocenters. The summed E-state index contributed by atoms with van der Waals surface area (Å²) in [5.41, 5.74) is 1.11. The fourth-order valence-corrected chi connectivity index (χ4v) is 3.06. The summed E-state index contributed by atoms with van der Waals surface area (Å²) in [5.74, 6) is 1.60. The van der Waals surface area contributed by atoms with Crippen molar-refractivity contribution in [2.45, 2.75) is 13.3 Å². The third-order valence-electron chi connectivity index (χ3n) is 3.30. The van der Waals surface area contributed by atoms with Gasteiger partial charge in [0.25, 0.3) is 0 Å². The van der Waals surface area contributed by atoms with Gasteiger partial charge >= 0.3 is 0 Å². The predicted octanol–water partition coefficient (Wildman–Crippen LogP) is 3.79. The molecule has 0 aliphatic rings. The lowest BCUT2D eigenvalue weighted by Gasteiger charge is -2.03. The first-order chi connectivity index (χ1) is 11.2. The first-order valence-corrected chi connectivity index (χ1v) is 8.28. The Labute approximate surface area is 143 Å². The lowest BCUT2D eigenvalue weighted by molar-refractivity contribution is 0.414. The molecule has 0 spiro atoms. The van der Waals surface area contributed by atoms with Gasteiger partial charge in [-0.15, -0.1) is 11.3 Å². The number of methoxy groups -OCH3 is 1. The van der Waals surface area contributed by atoms with Crippen LogP contribution < -0.4 is 4.74 Å². The number of hydrogen-bond acceptors (Lipinski definition) is 5. The fourth-order valence-electron chi connectivity index (χ4n) is 2.12. The quantitative estimate of drug-likeness (QED) is 0.566. The van der Waals surface area contributed by atoms with E-state index in [1.807, 2.05) is 30.3 Å². The number of aromatic nitrogens is 3. The van der Waals surface area contributed by atoms with Gasteiger partial charge in [0.05, 0.1) is 13.3 Å². The van der Waals surface area contributed by atoms with Crippen LogP contribution in [0.15, 0.2) is 41.5 Å². The molecular formula is C16H16N4OS2. The van der Waals surface area contributed by atoms with Gasteiger partial charge in [-0.1, -0.05) is 12.1 Å². The first-order valence-electron chi connectivity index (χ1n) is 7.06. The number of thiophene rings is 1. The summed E-state index contributed by atoms with van der Waals surface area (Å²) in [5, 5.41) is 11.5. The lowest BCUT2D eigenvalue weighted by atomic mass is 10.1. The Kier molecular flexibility index (Phi) is 4.68. The summed E-state index contributed by atoms with van der Waals surface area (Å²) in [7, 11) is 1.65. The highest BCUT2D eigenvalue weighted by molar-refractivity contribution is 7.71. The first kappa shape index (κ1) is 15.6. The van der Waals surface area contributed by atoms with E-state index in [9.17, 15) is 0 Å². The molecule has 7 heteroatoms. The van der Waals surface area contributed by atoms with E-state index in [0.29, 0.717) is 11.2 Å². The number of aromatic amines is 1. The number of nitrogens with zero attached hydrogens (tertiary/aromatic N) is 3. The Morgan fingerprint density at radius 3 is 2.74 bits per heavy atom. The van der Waals surface area contributed by atoms with Crippen LogP contribution in [0.3, 0.4) is 0 Å². The second-order valence-electron chi connectivity index (χ2n) is 4.97. The molecule has 0 aliphatic carbocycles. The average molecular weight is 344 g/mol. The molecule has 1 N–H and O–H groups in total. The van der Waals surface area contributed by atoms with Crippen molar-refractivity contribution in [2.24, 2.45) is 5.10 Å². The van der Waals surface area contributed by atoms with E-state index in [1.54, 1.807) is 29.3 Å². The van der Waals surface area contributed by atoms with Gasteiger partial charge in [0, 0.05) is 16.2 Å². The number of hydrogen-bond donors (Lipinski definition) is 1. The molecule has 2 heterocycles. The SMILES string of the molecule is COc1ccc(Cc2n[nH]c(=S)n2/N=C\c2ccc(C)s2)cc1. The number of aryl methyl sites for hydroxylation is 1. The lowest BCUT2D eigenvalue weighted by Crippen LogP contribution is -2.00. The van der Waals surface area contributed by atoms with Crippen molar-refractivity contribution >= 4 is 29.8 Å². The number of H-pyrrole nitrogens is 1. The topological polar surface area (TPSA) is 55.2 Å². The second kappa shape index (κ2) is 6.89. The number of benzene rings is 1. The van der Waals surface area contributed by atoms with Crippen LogP contribution in [0.4, 0.5) is 0 Å². The maximum atomic E-state index is 5.26. The smallest absolute Gasteiger partial charge is 0.216 e. The fraction of sp³-hybridized carbons (Fsp3) is 0.188. The summed E-state index contributed by atoms with van der Waals surface area (Å²) in [6, 6.07) is 12.0. The molecule has 2 aromatic heterocycles. The third-order valence-corrected chi connectivity index (χ3v) is 4.50. The van der Waals surface area contributed by atoms with Gasteiger partial charge < -0.3 is 4.74 Å². The van der Waals surface area contributed by atoms with E-state index in [0.717, 1.165) is 22.0 Å². The molecule has 0 fully saturated rings. The molecule has 0 bridgehead atoms. The van der Waals surface area contributed by atoms with Crippen molar-refractivity contribution in [3.63, 3.8) is 0 Å². The van der Waals surface area contributed by atoms with E-state index >= 15 is 0 Å². The summed E-state index contributed by atoms with van der Waals surface area (Å²) < 4.78 is 7.32. The van der Waals surface area contributed by atoms with Crippen LogP contribution in [-0.2, 0) is 6.42 Å². The Hall–Kier alpha value is -2.25. The van der Waals surface area contributed by atoms with E-state index in [4.69, 9.17) is 17.0 Å². The van der Waals surface area contributed by atoms with E-state index in [2.05, 4.69) is 28.3 Å². The molecule has 0 saturated heterocycles. The highest BCUT2D eigenvalue weighted by atomic mass is 32.1. The van der Waals surface area contributed by atoms with Crippen molar-refractivity contribution in [2.75, 3.05) is 7.11 Å². The molecule has 0 aliphatic heterocycles. The van der Waals surface area contributed by atoms with Crippen LogP contribution in [0.5, 0.6) is 5.75 Å². The van der Waals surface area contributed by atoms with Crippen molar-refractivity contribution in [1.82, 2.24) is 14.9 Å². The molecule has 3 rings (SSSR count). The zero-order chi connectivity index (χ0) is 16.2. The normalized spacial score (nSPS) is 11.2. The minimum Gasteiger partial charge on any atom is -0.497 e. The zero-order valence-electron chi connectivity index (χ0n) is 12.8. The van der Waals surface area contributed by atoms with Crippen LogP contribution in [0.1, 0.15) is 21.1 Å². The Morgan fingerprint density at radius 1 is 1.30 bits per heavy atom. The molecule has 0 atom stereocenters. The number of rotatable bonds is 5. The van der Waals surface area contributed by atoms with Gasteiger partial charge in [0.1, 0.15) is 5.75 Å². The maximum Gasteiger partial charge on any atom is 0.216 e. The van der Waals surface area contributed by atoms with Gasteiger partial charge in [-0.05, 0) is 49.0 Å². The van der Waals surface area contributed by atoms with Crippen LogP contribution in [0.25, 0.3) is 0 Å². The highest BCUT2D eigenvalue weighted by Gasteiger charge is 2.06. The minimum atomic E-state index is 0.484. The molecule has 1 aromatic carbocycles. The molecule has 23 heavy (non-hydrogen) atoms. The number of nitrogens with one attached hydrogen (secondary N) is 1. The van der Waals surface area contributed by atoms with Crippen molar-refractivity contribution in [3.8, 4) is 5.75 Å². The van der Waals surface area contributed by atoms with Crippen LogP contribution in [-0.4, -0.2) is 28.2 Å². The average Bonchev–Trinajstić information content (AvgIpc) is 3.12. The summed E-state index contributed by atoms with van der Waals surface area (Å²) in [6.07, 6.45) is 2.44. The van der Waals surface area contributed by atoms with Crippen LogP contribution in [0.2, 0.25) is 0 Å². The number of ether oxygens (including phenoxy) is 1. The summed E-state index contributed by atoms with van der Waals surface area (Å²) >= 11 is 6.95. The van der Waals surface area contributed by atoms with Gasteiger partial charge in [-0.3, -0.25) is 5.10 Å². The van der Waals surface area contributed by atoms with E-state index in [-0.39, 0.29) is 0 Å². The summed E-state index contributed by atoms with van der Waals surface area (Å²) in [6.45, 7) is 2.07. The molecule has 0 amide bonds. The molecule has 5 nitrogen and oxygen atoms in total. The molecule has 0 saturated carbocycles. The molecular weight excluding hydrogens is 328 g/mol. The summed E-state index contributed by atoms with van der Waals surface area (Å²) in [4.78, 5) is 2.33. The minimum absolute atomic E-state index is 0.484. The Morgan fingerprint density at radius 2 is 2.09 bits per heavy atom. The van der Waals surface area contributed by atoms with Crippen LogP contribution >= 0.6 is 23.6 Å². The van der Waals surface area contributed by atoms with E-state index < -0.39 is 0 Å². The van der Waals surface area contributed by atoms with Gasteiger partial charge in [-0.2, -0.15) is 14.9 Å². The Balaban J connectivity index is 1.83. The highest BCUT2D eigenvalue weighted by Crippen LogP contribution is 2.15. The van der Waals surface area contributed by atoms with E-state index in [1.165, 1.54) is 4.88 Å². The molecule has 3 aromatic rings. The monoisotopic (exact) mass is 344 g/mol. The molecule has 118 valence electrons. The van der Waals surface area contributed by atoms with Gasteiger partial charge in [0.15, 0.2) is 5.82 Å². The largest absolute Gasteiger partial charge is 0.497 e. The van der Waals surface area contributed by atoms with Gasteiger partial charge in [0.2, 0.25) is 4.77 Å². The maximum absolute atomic E-state index is 5.26. The second-order valence-corrected chi connectivity index (χ2v) is 6.68. The van der Waals surface area contributed by atoms with Gasteiger partial charge in [-0.25, -0.2) is 0 Å². The standard InChI is InChI=1S/C16H16N4OS2/c1-11-3-8-14(23-11)10-17-20-15(18-19-16(20)22)9-12-4-6-13(21-2)7-5-12/h3-8,10H,9H2,1-2H3,(H,19,22)/b17-10-. The Bertz CT molecular complexity index is 874. The molecule has 0 radical (unpaired) electrons. The van der Waals surface area contributed by atoms with Crippen molar-refractivity contribution in [1.29, 1.82) is 0 Å². The zero-order valence-corrected chi connectivity index (χ0v) is 14.4. The predicted molar refractivity (Wildman–Crippen MR) is 95.3 cm³/mol. The third kappa shape index (κ3) is 3.75. The van der Waals surface area contributed by atoms with Crippen molar-refractivity contribution < 1.29 is 4.74 Å². The van der Waals surface area contributed by atoms with Crippen LogP contribution in [0, 0.1) is 11.7 Å². The van der Waals surface area contributed by atoms with Crippen molar-refractivity contribution in [3.05, 3.63) is 62.3 Å².